The first kappa shape index (κ1) is 21.2. The molecule has 1 amide bonds. The van der Waals surface area contributed by atoms with Crippen LogP contribution in [0.5, 0.6) is 0 Å². The lowest BCUT2D eigenvalue weighted by Gasteiger charge is -2.30. The maximum atomic E-state index is 11.8. The molecule has 0 saturated heterocycles. The Kier molecular flexibility index (Phi) is 9.74. The zero-order valence-electron chi connectivity index (χ0n) is 16.0. The summed E-state index contributed by atoms with van der Waals surface area (Å²) in [5, 5.41) is 6.61. The van der Waals surface area contributed by atoms with Gasteiger partial charge in [0.05, 0.1) is 0 Å². The van der Waals surface area contributed by atoms with Gasteiger partial charge in [0.2, 0.25) is 0 Å². The van der Waals surface area contributed by atoms with E-state index in [1.165, 1.54) is 12.8 Å². The molecule has 132 valence electrons. The van der Waals surface area contributed by atoms with E-state index in [9.17, 15) is 4.79 Å². The molecule has 0 aromatic carbocycles. The number of nitrogens with one attached hydrogen (secondary N) is 2. The fraction of sp³-hybridized carbons (Fsp3) is 0.944. The summed E-state index contributed by atoms with van der Waals surface area (Å²) < 4.78 is 5.30. The molecule has 0 bridgehead atoms. The number of alkyl carbamates (subject to hydrolysis) is 1. The van der Waals surface area contributed by atoms with Crippen molar-refractivity contribution in [3.8, 4) is 0 Å². The molecule has 0 aromatic heterocycles. The summed E-state index contributed by atoms with van der Waals surface area (Å²) >= 11 is 0. The molecule has 0 saturated carbocycles. The van der Waals surface area contributed by atoms with Gasteiger partial charge in [-0.05, 0) is 45.4 Å². The summed E-state index contributed by atoms with van der Waals surface area (Å²) in [5.41, 5.74) is -0.451. The van der Waals surface area contributed by atoms with Crippen LogP contribution in [-0.4, -0.2) is 30.3 Å². The van der Waals surface area contributed by atoms with Gasteiger partial charge in [-0.3, -0.25) is 0 Å². The standard InChI is InChI=1S/C18H38N2O2/c1-9-14(5)11-15(10-2)20-16(13(3)4)12-19-17(21)22-18(6,7)8/h13-16,20H,9-12H2,1-8H3,(H,19,21). The first-order valence-corrected chi connectivity index (χ1v) is 8.81. The number of rotatable bonds is 9. The summed E-state index contributed by atoms with van der Waals surface area (Å²) in [6.07, 6.45) is 3.17. The van der Waals surface area contributed by atoms with E-state index < -0.39 is 5.60 Å². The lowest BCUT2D eigenvalue weighted by molar-refractivity contribution is 0.0518. The van der Waals surface area contributed by atoms with E-state index in [1.807, 2.05) is 20.8 Å². The Bertz CT molecular complexity index is 311. The highest BCUT2D eigenvalue weighted by molar-refractivity contribution is 5.67. The second kappa shape index (κ2) is 10.1. The van der Waals surface area contributed by atoms with Gasteiger partial charge in [-0.2, -0.15) is 0 Å². The van der Waals surface area contributed by atoms with Crippen LogP contribution in [0.15, 0.2) is 0 Å². The molecule has 0 aliphatic heterocycles. The molecule has 3 atom stereocenters. The monoisotopic (exact) mass is 314 g/mol. The zero-order valence-corrected chi connectivity index (χ0v) is 16.0. The van der Waals surface area contributed by atoms with Crippen LogP contribution in [0.1, 0.15) is 74.7 Å². The maximum Gasteiger partial charge on any atom is 0.407 e. The third-order valence-electron chi connectivity index (χ3n) is 4.00. The van der Waals surface area contributed by atoms with Gasteiger partial charge in [-0.1, -0.05) is 41.0 Å². The van der Waals surface area contributed by atoms with Gasteiger partial charge >= 0.3 is 6.09 Å². The highest BCUT2D eigenvalue weighted by Crippen LogP contribution is 2.14. The molecular formula is C18H38N2O2. The van der Waals surface area contributed by atoms with Gasteiger partial charge in [0.25, 0.3) is 0 Å². The predicted molar refractivity (Wildman–Crippen MR) is 94.1 cm³/mol. The van der Waals surface area contributed by atoms with Crippen molar-refractivity contribution in [3.05, 3.63) is 0 Å². The van der Waals surface area contributed by atoms with Crippen molar-refractivity contribution in [1.82, 2.24) is 10.6 Å². The Hall–Kier alpha value is -0.770. The minimum Gasteiger partial charge on any atom is -0.444 e. The van der Waals surface area contributed by atoms with Crippen LogP contribution in [0.25, 0.3) is 0 Å². The van der Waals surface area contributed by atoms with Crippen molar-refractivity contribution in [2.24, 2.45) is 11.8 Å². The molecule has 0 aliphatic carbocycles. The van der Waals surface area contributed by atoms with Gasteiger partial charge in [0.1, 0.15) is 5.60 Å². The Balaban J connectivity index is 4.44. The molecule has 22 heavy (non-hydrogen) atoms. The highest BCUT2D eigenvalue weighted by Gasteiger charge is 2.21. The Labute approximate surface area is 137 Å². The summed E-state index contributed by atoms with van der Waals surface area (Å²) in [4.78, 5) is 11.8. The van der Waals surface area contributed by atoms with Crippen molar-refractivity contribution >= 4 is 6.09 Å². The van der Waals surface area contributed by atoms with Crippen molar-refractivity contribution in [2.75, 3.05) is 6.54 Å². The number of carbonyl (C=O) groups is 1. The topological polar surface area (TPSA) is 50.4 Å². The smallest absolute Gasteiger partial charge is 0.407 e. The van der Waals surface area contributed by atoms with Crippen LogP contribution in [0.3, 0.4) is 0 Å². The molecule has 3 unspecified atom stereocenters. The van der Waals surface area contributed by atoms with Gasteiger partial charge in [0.15, 0.2) is 0 Å². The molecule has 0 spiro atoms. The molecule has 2 N–H and O–H groups in total. The van der Waals surface area contributed by atoms with Gasteiger partial charge in [0, 0.05) is 18.6 Å². The average molecular weight is 315 g/mol. The highest BCUT2D eigenvalue weighted by atomic mass is 16.6. The van der Waals surface area contributed by atoms with Crippen LogP contribution in [0.4, 0.5) is 4.79 Å². The number of ether oxygens (including phenoxy) is 1. The van der Waals surface area contributed by atoms with E-state index in [2.05, 4.69) is 45.3 Å². The summed E-state index contributed by atoms with van der Waals surface area (Å²) in [6, 6.07) is 0.768. The van der Waals surface area contributed by atoms with E-state index in [-0.39, 0.29) is 12.1 Å². The first-order valence-electron chi connectivity index (χ1n) is 8.81. The Morgan fingerprint density at radius 1 is 1.09 bits per heavy atom. The molecule has 0 radical (unpaired) electrons. The van der Waals surface area contributed by atoms with E-state index in [0.717, 1.165) is 12.3 Å². The molecule has 0 aliphatic rings. The summed E-state index contributed by atoms with van der Waals surface area (Å²) in [6.45, 7) is 17.4. The van der Waals surface area contributed by atoms with Gasteiger partial charge in [-0.15, -0.1) is 0 Å². The van der Waals surface area contributed by atoms with E-state index in [1.54, 1.807) is 0 Å². The molecule has 4 heteroatoms. The van der Waals surface area contributed by atoms with Gasteiger partial charge in [-0.25, -0.2) is 4.79 Å². The summed E-state index contributed by atoms with van der Waals surface area (Å²) in [5.74, 6) is 1.19. The van der Waals surface area contributed by atoms with Crippen LogP contribution in [0.2, 0.25) is 0 Å². The minimum atomic E-state index is -0.451. The normalized spacial score (nSPS) is 16.2. The average Bonchev–Trinajstić information content (AvgIpc) is 2.39. The Morgan fingerprint density at radius 2 is 1.68 bits per heavy atom. The quantitative estimate of drug-likeness (QED) is 0.665. The fourth-order valence-electron chi connectivity index (χ4n) is 2.30. The zero-order chi connectivity index (χ0) is 17.3. The predicted octanol–water partition coefficient (Wildman–Crippen LogP) is 4.34. The van der Waals surface area contributed by atoms with Crippen LogP contribution < -0.4 is 10.6 Å². The molecule has 0 fully saturated rings. The van der Waals surface area contributed by atoms with E-state index in [0.29, 0.717) is 18.5 Å². The maximum absolute atomic E-state index is 11.8. The number of hydrogen-bond donors (Lipinski definition) is 2. The van der Waals surface area contributed by atoms with Crippen molar-refractivity contribution in [1.29, 1.82) is 0 Å². The van der Waals surface area contributed by atoms with Crippen LogP contribution >= 0.6 is 0 Å². The number of carbonyl (C=O) groups excluding carboxylic acids is 1. The minimum absolute atomic E-state index is 0.265. The molecular weight excluding hydrogens is 276 g/mol. The Morgan fingerprint density at radius 3 is 2.09 bits per heavy atom. The summed E-state index contributed by atoms with van der Waals surface area (Å²) in [7, 11) is 0. The first-order chi connectivity index (χ1) is 10.1. The van der Waals surface area contributed by atoms with Crippen LogP contribution in [-0.2, 0) is 4.74 Å². The third kappa shape index (κ3) is 10.0. The van der Waals surface area contributed by atoms with Gasteiger partial charge < -0.3 is 15.4 Å². The second-order valence-corrected chi connectivity index (χ2v) is 7.75. The number of amides is 1. The largest absolute Gasteiger partial charge is 0.444 e. The van der Waals surface area contributed by atoms with E-state index >= 15 is 0 Å². The lowest BCUT2D eigenvalue weighted by atomic mass is 9.95. The molecule has 4 nitrogen and oxygen atoms in total. The van der Waals surface area contributed by atoms with Crippen molar-refractivity contribution in [3.63, 3.8) is 0 Å². The molecule has 0 aromatic rings. The molecule has 0 rings (SSSR count). The second-order valence-electron chi connectivity index (χ2n) is 7.75. The lowest BCUT2D eigenvalue weighted by Crippen LogP contribution is -2.49. The number of hydrogen-bond acceptors (Lipinski definition) is 3. The molecule has 0 heterocycles. The van der Waals surface area contributed by atoms with E-state index in [4.69, 9.17) is 4.74 Å². The fourth-order valence-corrected chi connectivity index (χ4v) is 2.30. The third-order valence-corrected chi connectivity index (χ3v) is 4.00. The van der Waals surface area contributed by atoms with Crippen molar-refractivity contribution < 1.29 is 9.53 Å². The SMILES string of the molecule is CCC(C)CC(CC)NC(CNC(=O)OC(C)(C)C)C(C)C. The van der Waals surface area contributed by atoms with Crippen LogP contribution in [0, 0.1) is 11.8 Å². The van der Waals surface area contributed by atoms with Crippen molar-refractivity contribution in [2.45, 2.75) is 92.3 Å².